The first-order valence-corrected chi connectivity index (χ1v) is 6.74. The van der Waals surface area contributed by atoms with Gasteiger partial charge in [-0.25, -0.2) is 0 Å². The van der Waals surface area contributed by atoms with Gasteiger partial charge in [-0.3, -0.25) is 0 Å². The number of piperidine rings is 2. The summed E-state index contributed by atoms with van der Waals surface area (Å²) < 4.78 is 0. The van der Waals surface area contributed by atoms with Gasteiger partial charge >= 0.3 is 0 Å². The van der Waals surface area contributed by atoms with Crippen LogP contribution in [0.15, 0.2) is 0 Å². The van der Waals surface area contributed by atoms with Gasteiger partial charge in [0.15, 0.2) is 0 Å². The van der Waals surface area contributed by atoms with Gasteiger partial charge in [0.05, 0.1) is 0 Å². The van der Waals surface area contributed by atoms with Gasteiger partial charge < -0.3 is 10.2 Å². The molecule has 0 atom stereocenters. The zero-order valence-electron chi connectivity index (χ0n) is 10.2. The summed E-state index contributed by atoms with van der Waals surface area (Å²) in [4.78, 5) is 2.47. The Labute approximate surface area is 94.4 Å². The Balaban J connectivity index is 1.60. The van der Waals surface area contributed by atoms with Crippen molar-refractivity contribution in [1.29, 1.82) is 0 Å². The topological polar surface area (TPSA) is 15.3 Å². The molecule has 0 aromatic heterocycles. The van der Waals surface area contributed by atoms with E-state index in [1.807, 2.05) is 0 Å². The number of likely N-dealkylation sites (tertiary alicyclic amines) is 1. The lowest BCUT2D eigenvalue weighted by molar-refractivity contribution is 0.199. The molecule has 0 aromatic rings. The monoisotopic (exact) mass is 210 g/mol. The van der Waals surface area contributed by atoms with E-state index in [2.05, 4.69) is 17.3 Å². The van der Waals surface area contributed by atoms with Crippen LogP contribution in [0.1, 0.15) is 38.5 Å². The predicted octanol–water partition coefficient (Wildman–Crippen LogP) is 2.11. The first kappa shape index (κ1) is 11.4. The van der Waals surface area contributed by atoms with Crippen LogP contribution in [0.25, 0.3) is 0 Å². The molecule has 0 bridgehead atoms. The van der Waals surface area contributed by atoms with Crippen molar-refractivity contribution in [2.24, 2.45) is 11.8 Å². The maximum Gasteiger partial charge on any atom is -0.00191 e. The van der Waals surface area contributed by atoms with E-state index in [1.54, 1.807) is 0 Å². The molecule has 0 amide bonds. The molecule has 2 fully saturated rings. The molecule has 2 aliphatic heterocycles. The molecule has 2 nitrogen and oxygen atoms in total. The van der Waals surface area contributed by atoms with Crippen LogP contribution in [-0.4, -0.2) is 38.1 Å². The molecule has 88 valence electrons. The second kappa shape index (κ2) is 5.86. The summed E-state index contributed by atoms with van der Waals surface area (Å²) in [6, 6.07) is 0. The summed E-state index contributed by atoms with van der Waals surface area (Å²) in [5.41, 5.74) is 0. The molecule has 1 N–H and O–H groups in total. The van der Waals surface area contributed by atoms with Crippen molar-refractivity contribution in [2.75, 3.05) is 33.2 Å². The summed E-state index contributed by atoms with van der Waals surface area (Å²) in [5, 5.41) is 3.45. The average Bonchev–Trinajstić information content (AvgIpc) is 2.30. The fourth-order valence-corrected chi connectivity index (χ4v) is 2.99. The molecule has 0 saturated carbocycles. The summed E-state index contributed by atoms with van der Waals surface area (Å²) in [5.74, 6) is 2.07. The van der Waals surface area contributed by atoms with E-state index in [9.17, 15) is 0 Å². The minimum absolute atomic E-state index is 1.03. The Hall–Kier alpha value is -0.0800. The van der Waals surface area contributed by atoms with Gasteiger partial charge in [-0.05, 0) is 70.7 Å². The molecule has 0 spiro atoms. The lowest BCUT2D eigenvalue weighted by Crippen LogP contribution is -2.31. The Bertz CT molecular complexity index is 167. The molecular weight excluding hydrogens is 184 g/mol. The van der Waals surface area contributed by atoms with Crippen LogP contribution in [-0.2, 0) is 0 Å². The van der Waals surface area contributed by atoms with Gasteiger partial charge in [-0.1, -0.05) is 12.8 Å². The fraction of sp³-hybridized carbons (Fsp3) is 1.00. The summed E-state index contributed by atoms with van der Waals surface area (Å²) in [6.07, 6.45) is 8.73. The SMILES string of the molecule is CN1CCC(CCC2CCNCC2)CC1. The third-order valence-electron chi connectivity index (χ3n) is 4.28. The first-order valence-electron chi connectivity index (χ1n) is 6.74. The number of nitrogens with zero attached hydrogens (tertiary/aromatic N) is 1. The molecular formula is C13H26N2. The van der Waals surface area contributed by atoms with Crippen molar-refractivity contribution in [3.63, 3.8) is 0 Å². The van der Waals surface area contributed by atoms with Crippen LogP contribution >= 0.6 is 0 Å². The highest BCUT2D eigenvalue weighted by atomic mass is 15.1. The van der Waals surface area contributed by atoms with Gasteiger partial charge in [0.2, 0.25) is 0 Å². The lowest BCUT2D eigenvalue weighted by atomic mass is 9.86. The van der Waals surface area contributed by atoms with Crippen LogP contribution in [0, 0.1) is 11.8 Å². The molecule has 2 saturated heterocycles. The summed E-state index contributed by atoms with van der Waals surface area (Å²) in [7, 11) is 2.25. The third-order valence-corrected chi connectivity index (χ3v) is 4.28. The van der Waals surface area contributed by atoms with Gasteiger partial charge in [-0.15, -0.1) is 0 Å². The van der Waals surface area contributed by atoms with Gasteiger partial charge in [0.1, 0.15) is 0 Å². The molecule has 2 aliphatic rings. The number of hydrogen-bond acceptors (Lipinski definition) is 2. The summed E-state index contributed by atoms with van der Waals surface area (Å²) in [6.45, 7) is 5.18. The van der Waals surface area contributed by atoms with E-state index < -0.39 is 0 Å². The van der Waals surface area contributed by atoms with Crippen molar-refractivity contribution < 1.29 is 0 Å². The molecule has 2 heteroatoms. The van der Waals surface area contributed by atoms with Crippen LogP contribution in [0.3, 0.4) is 0 Å². The fourth-order valence-electron chi connectivity index (χ4n) is 2.99. The quantitative estimate of drug-likeness (QED) is 0.767. The van der Waals surface area contributed by atoms with Crippen LogP contribution < -0.4 is 5.32 Å². The van der Waals surface area contributed by atoms with E-state index in [4.69, 9.17) is 0 Å². The second-order valence-electron chi connectivity index (χ2n) is 5.52. The molecule has 0 unspecified atom stereocenters. The van der Waals surface area contributed by atoms with Crippen LogP contribution in [0.4, 0.5) is 0 Å². The highest BCUT2D eigenvalue weighted by molar-refractivity contribution is 4.74. The molecule has 0 radical (unpaired) electrons. The Kier molecular flexibility index (Phi) is 4.45. The van der Waals surface area contributed by atoms with Gasteiger partial charge in [0, 0.05) is 0 Å². The third kappa shape index (κ3) is 3.76. The molecule has 0 aromatic carbocycles. The standard InChI is InChI=1S/C13H26N2/c1-15-10-6-13(7-11-15)3-2-12-4-8-14-9-5-12/h12-14H,2-11H2,1H3. The Morgan fingerprint density at radius 2 is 1.47 bits per heavy atom. The summed E-state index contributed by atoms with van der Waals surface area (Å²) >= 11 is 0. The Morgan fingerprint density at radius 3 is 2.07 bits per heavy atom. The van der Waals surface area contributed by atoms with Gasteiger partial charge in [0.25, 0.3) is 0 Å². The van der Waals surface area contributed by atoms with Crippen molar-refractivity contribution in [1.82, 2.24) is 10.2 Å². The first-order chi connectivity index (χ1) is 7.34. The van der Waals surface area contributed by atoms with E-state index in [1.165, 1.54) is 64.7 Å². The molecule has 2 rings (SSSR count). The predicted molar refractivity (Wildman–Crippen MR) is 65.0 cm³/mol. The van der Waals surface area contributed by atoms with Crippen molar-refractivity contribution >= 4 is 0 Å². The number of rotatable bonds is 3. The van der Waals surface area contributed by atoms with E-state index in [0.29, 0.717) is 0 Å². The van der Waals surface area contributed by atoms with Crippen molar-refractivity contribution in [2.45, 2.75) is 38.5 Å². The maximum absolute atomic E-state index is 3.45. The van der Waals surface area contributed by atoms with E-state index in [0.717, 1.165) is 11.8 Å². The highest BCUT2D eigenvalue weighted by Gasteiger charge is 2.19. The van der Waals surface area contributed by atoms with E-state index >= 15 is 0 Å². The minimum Gasteiger partial charge on any atom is -0.317 e. The molecule has 15 heavy (non-hydrogen) atoms. The van der Waals surface area contributed by atoms with Crippen molar-refractivity contribution in [3.05, 3.63) is 0 Å². The molecule has 0 aliphatic carbocycles. The normalized spacial score (nSPS) is 27.0. The largest absolute Gasteiger partial charge is 0.317 e. The second-order valence-corrected chi connectivity index (χ2v) is 5.52. The highest BCUT2D eigenvalue weighted by Crippen LogP contribution is 2.26. The van der Waals surface area contributed by atoms with Crippen LogP contribution in [0.2, 0.25) is 0 Å². The average molecular weight is 210 g/mol. The Morgan fingerprint density at radius 1 is 0.933 bits per heavy atom. The van der Waals surface area contributed by atoms with Gasteiger partial charge in [-0.2, -0.15) is 0 Å². The minimum atomic E-state index is 1.03. The van der Waals surface area contributed by atoms with Crippen molar-refractivity contribution in [3.8, 4) is 0 Å². The molecule has 2 heterocycles. The maximum atomic E-state index is 3.45. The lowest BCUT2D eigenvalue weighted by Gasteiger charge is -2.30. The zero-order valence-corrected chi connectivity index (χ0v) is 10.2. The van der Waals surface area contributed by atoms with Crippen LogP contribution in [0.5, 0.6) is 0 Å². The number of hydrogen-bond donors (Lipinski definition) is 1. The smallest absolute Gasteiger partial charge is 0.00191 e. The number of nitrogens with one attached hydrogen (secondary N) is 1. The van der Waals surface area contributed by atoms with E-state index in [-0.39, 0.29) is 0 Å². The zero-order chi connectivity index (χ0) is 10.5.